The molecule has 2 fully saturated rings. The first-order valence-electron chi connectivity index (χ1n) is 9.77. The molecule has 0 radical (unpaired) electrons. The zero-order valence-electron chi connectivity index (χ0n) is 15.7. The molecule has 3 amide bonds. The molecule has 0 bridgehead atoms. The summed E-state index contributed by atoms with van der Waals surface area (Å²) in [4.78, 5) is 31.0. The van der Waals surface area contributed by atoms with E-state index in [9.17, 15) is 9.59 Å². The average molecular weight is 358 g/mol. The lowest BCUT2D eigenvalue weighted by molar-refractivity contribution is 0.0664. The van der Waals surface area contributed by atoms with E-state index in [4.69, 9.17) is 0 Å². The van der Waals surface area contributed by atoms with Crippen molar-refractivity contribution in [2.24, 2.45) is 5.92 Å². The van der Waals surface area contributed by atoms with Crippen LogP contribution in [0.2, 0.25) is 0 Å². The molecular formula is C20H30N4O2. The van der Waals surface area contributed by atoms with Gasteiger partial charge in [0, 0.05) is 44.8 Å². The first-order valence-corrected chi connectivity index (χ1v) is 9.77. The summed E-state index contributed by atoms with van der Waals surface area (Å²) in [5.74, 6) is 0.610. The van der Waals surface area contributed by atoms with Crippen molar-refractivity contribution in [2.45, 2.75) is 19.8 Å². The molecule has 6 nitrogen and oxygen atoms in total. The number of carbonyl (C=O) groups excluding carboxylic acids is 2. The van der Waals surface area contributed by atoms with Crippen LogP contribution in [-0.2, 0) is 0 Å². The number of nitrogens with zero attached hydrogens (tertiary/aromatic N) is 3. The summed E-state index contributed by atoms with van der Waals surface area (Å²) in [6.07, 6.45) is 2.35. The molecule has 2 saturated heterocycles. The first-order chi connectivity index (χ1) is 12.7. The zero-order valence-corrected chi connectivity index (χ0v) is 15.7. The maximum absolute atomic E-state index is 12.5. The van der Waals surface area contributed by atoms with Crippen LogP contribution in [0.25, 0.3) is 0 Å². The van der Waals surface area contributed by atoms with Crippen molar-refractivity contribution in [1.82, 2.24) is 20.0 Å². The maximum Gasteiger partial charge on any atom is 0.317 e. The Bertz CT molecular complexity index is 599. The highest BCUT2D eigenvalue weighted by molar-refractivity contribution is 5.94. The van der Waals surface area contributed by atoms with E-state index in [0.717, 1.165) is 26.2 Å². The second-order valence-electron chi connectivity index (χ2n) is 7.29. The molecule has 142 valence electrons. The van der Waals surface area contributed by atoms with Gasteiger partial charge in [-0.1, -0.05) is 25.1 Å². The van der Waals surface area contributed by atoms with E-state index in [-0.39, 0.29) is 11.9 Å². The zero-order chi connectivity index (χ0) is 18.4. The van der Waals surface area contributed by atoms with E-state index in [1.807, 2.05) is 40.1 Å². The highest BCUT2D eigenvalue weighted by Crippen LogP contribution is 2.15. The Hall–Kier alpha value is -2.08. The molecule has 26 heavy (non-hydrogen) atoms. The highest BCUT2D eigenvalue weighted by atomic mass is 16.2. The van der Waals surface area contributed by atoms with Gasteiger partial charge in [0.2, 0.25) is 0 Å². The summed E-state index contributed by atoms with van der Waals surface area (Å²) in [5.41, 5.74) is 0.711. The number of likely N-dealkylation sites (tertiary alicyclic amines) is 1. The number of piperazine rings is 1. The van der Waals surface area contributed by atoms with Gasteiger partial charge in [0.05, 0.1) is 0 Å². The van der Waals surface area contributed by atoms with Crippen LogP contribution in [0.15, 0.2) is 30.3 Å². The van der Waals surface area contributed by atoms with Gasteiger partial charge in [0.1, 0.15) is 0 Å². The van der Waals surface area contributed by atoms with Crippen LogP contribution in [0.3, 0.4) is 0 Å². The predicted octanol–water partition coefficient (Wildman–Crippen LogP) is 1.89. The lowest BCUT2D eigenvalue weighted by Crippen LogP contribution is -2.53. The van der Waals surface area contributed by atoms with Crippen LogP contribution in [0.5, 0.6) is 0 Å². The normalized spacial score (nSPS) is 21.0. The molecule has 0 spiro atoms. The summed E-state index contributed by atoms with van der Waals surface area (Å²) in [6.45, 7) is 8.72. The molecule has 3 rings (SSSR count). The number of amides is 3. The van der Waals surface area contributed by atoms with Gasteiger partial charge >= 0.3 is 6.03 Å². The fraction of sp³-hybridized carbons (Fsp3) is 0.600. The first kappa shape index (κ1) is 18.7. The third-order valence-electron chi connectivity index (χ3n) is 5.33. The lowest BCUT2D eigenvalue weighted by Gasteiger charge is -2.35. The van der Waals surface area contributed by atoms with Crippen LogP contribution < -0.4 is 5.32 Å². The van der Waals surface area contributed by atoms with Crippen LogP contribution in [0, 0.1) is 5.92 Å². The molecule has 6 heteroatoms. The predicted molar refractivity (Wildman–Crippen MR) is 102 cm³/mol. The van der Waals surface area contributed by atoms with E-state index in [2.05, 4.69) is 17.1 Å². The van der Waals surface area contributed by atoms with Crippen molar-refractivity contribution in [3.63, 3.8) is 0 Å². The van der Waals surface area contributed by atoms with Gasteiger partial charge in [0.15, 0.2) is 0 Å². The molecule has 1 atom stereocenters. The third-order valence-corrected chi connectivity index (χ3v) is 5.33. The smallest absolute Gasteiger partial charge is 0.317 e. The van der Waals surface area contributed by atoms with Crippen molar-refractivity contribution in [3.05, 3.63) is 35.9 Å². The minimum Gasteiger partial charge on any atom is -0.338 e. The van der Waals surface area contributed by atoms with Crippen LogP contribution in [0.4, 0.5) is 4.79 Å². The van der Waals surface area contributed by atoms with Gasteiger partial charge in [-0.25, -0.2) is 4.79 Å². The van der Waals surface area contributed by atoms with Crippen molar-refractivity contribution in [2.75, 3.05) is 52.4 Å². The van der Waals surface area contributed by atoms with E-state index in [0.29, 0.717) is 37.7 Å². The fourth-order valence-corrected chi connectivity index (χ4v) is 3.82. The summed E-state index contributed by atoms with van der Waals surface area (Å²) in [6, 6.07) is 9.34. The van der Waals surface area contributed by atoms with Crippen molar-refractivity contribution in [3.8, 4) is 0 Å². The van der Waals surface area contributed by atoms with Crippen LogP contribution in [0.1, 0.15) is 30.1 Å². The van der Waals surface area contributed by atoms with Gasteiger partial charge in [-0.2, -0.15) is 0 Å². The summed E-state index contributed by atoms with van der Waals surface area (Å²) < 4.78 is 0. The minimum atomic E-state index is 0.00533. The van der Waals surface area contributed by atoms with Crippen molar-refractivity contribution in [1.29, 1.82) is 0 Å². The fourth-order valence-electron chi connectivity index (χ4n) is 3.82. The van der Waals surface area contributed by atoms with E-state index in [1.54, 1.807) is 0 Å². The molecule has 0 aromatic heterocycles. The number of benzene rings is 1. The Morgan fingerprint density at radius 3 is 2.42 bits per heavy atom. The average Bonchev–Trinajstić information content (AvgIpc) is 3.14. The Labute approximate surface area is 156 Å². The van der Waals surface area contributed by atoms with E-state index >= 15 is 0 Å². The summed E-state index contributed by atoms with van der Waals surface area (Å²) >= 11 is 0. The molecule has 2 aliphatic heterocycles. The molecule has 0 unspecified atom stereocenters. The number of hydrogen-bond acceptors (Lipinski definition) is 3. The SMILES string of the molecule is CCCN1CC[C@@H](CNC(=O)N2CCN(C(=O)c3ccccc3)CC2)C1. The van der Waals surface area contributed by atoms with Gasteiger partial charge in [-0.05, 0) is 44.0 Å². The monoisotopic (exact) mass is 358 g/mol. The minimum absolute atomic E-state index is 0.00533. The molecule has 1 aromatic rings. The lowest BCUT2D eigenvalue weighted by atomic mass is 10.1. The van der Waals surface area contributed by atoms with Gasteiger partial charge in [-0.15, -0.1) is 0 Å². The van der Waals surface area contributed by atoms with Gasteiger partial charge in [-0.3, -0.25) is 4.79 Å². The Balaban J connectivity index is 1.39. The number of urea groups is 1. The number of carbonyl (C=O) groups is 2. The summed E-state index contributed by atoms with van der Waals surface area (Å²) in [7, 11) is 0. The molecule has 2 heterocycles. The van der Waals surface area contributed by atoms with Crippen LogP contribution in [-0.4, -0.2) is 79.0 Å². The van der Waals surface area contributed by atoms with Gasteiger partial charge in [0.25, 0.3) is 5.91 Å². The number of nitrogens with one attached hydrogen (secondary N) is 1. The van der Waals surface area contributed by atoms with E-state index in [1.165, 1.54) is 12.8 Å². The third kappa shape index (κ3) is 4.75. The van der Waals surface area contributed by atoms with E-state index < -0.39 is 0 Å². The number of hydrogen-bond donors (Lipinski definition) is 1. The van der Waals surface area contributed by atoms with Crippen LogP contribution >= 0.6 is 0 Å². The topological polar surface area (TPSA) is 55.9 Å². The van der Waals surface area contributed by atoms with Crippen molar-refractivity contribution < 1.29 is 9.59 Å². The number of rotatable bonds is 5. The Morgan fingerprint density at radius 2 is 1.73 bits per heavy atom. The molecule has 0 aliphatic carbocycles. The Morgan fingerprint density at radius 1 is 1.04 bits per heavy atom. The second kappa shape index (κ2) is 9.03. The maximum atomic E-state index is 12.5. The standard InChI is InChI=1S/C20H30N4O2/c1-2-9-22-10-8-17(16-22)15-21-20(26)24-13-11-23(12-14-24)19(25)18-6-4-3-5-7-18/h3-7,17H,2,8-16H2,1H3,(H,21,26)/t17-/m0/s1. The van der Waals surface area contributed by atoms with Gasteiger partial charge < -0.3 is 20.0 Å². The molecule has 0 saturated carbocycles. The molecule has 2 aliphatic rings. The largest absolute Gasteiger partial charge is 0.338 e. The quantitative estimate of drug-likeness (QED) is 0.874. The molecular weight excluding hydrogens is 328 g/mol. The summed E-state index contributed by atoms with van der Waals surface area (Å²) in [5, 5.41) is 3.09. The Kier molecular flexibility index (Phi) is 6.50. The second-order valence-corrected chi connectivity index (χ2v) is 7.29. The molecule has 1 aromatic carbocycles. The van der Waals surface area contributed by atoms with Crippen molar-refractivity contribution >= 4 is 11.9 Å². The highest BCUT2D eigenvalue weighted by Gasteiger charge is 2.26. The molecule has 1 N–H and O–H groups in total.